The quantitative estimate of drug-likeness (QED) is 0.584. The summed E-state index contributed by atoms with van der Waals surface area (Å²) in [6, 6.07) is 10.3. The molecule has 2 aromatic heterocycles. The van der Waals surface area contributed by atoms with E-state index in [4.69, 9.17) is 16.0 Å². The lowest BCUT2D eigenvalue weighted by molar-refractivity contribution is -0.0867. The van der Waals surface area contributed by atoms with Crippen LogP contribution in [0.4, 0.5) is 0 Å². The molecular weight excluding hydrogens is 454 g/mol. The standard InChI is InChI=1S/C21H20ClN5O4S/c1-32(29,30)21(8-9-21)16-7-6-15(31-16)17(28)23-20-10-19(11-20,12-20)18-24-26-27(25-18)14-4-2-13(22)3-5-14/h2-7H,8-12H2,1H3,(H,23,28). The smallest absolute Gasteiger partial charge is 0.287 e. The molecule has 2 bridgehead atoms. The Morgan fingerprint density at radius 3 is 2.44 bits per heavy atom. The number of benzene rings is 1. The van der Waals surface area contributed by atoms with Crippen molar-refractivity contribution in [3.05, 3.63) is 58.8 Å². The van der Waals surface area contributed by atoms with E-state index in [1.165, 1.54) is 11.1 Å². The monoisotopic (exact) mass is 473 g/mol. The first-order chi connectivity index (χ1) is 15.1. The molecular formula is C21H20ClN5O4S. The minimum atomic E-state index is -3.29. The van der Waals surface area contributed by atoms with Gasteiger partial charge in [0.15, 0.2) is 21.4 Å². The first kappa shape index (κ1) is 19.9. The van der Waals surface area contributed by atoms with Crippen LogP contribution in [0.5, 0.6) is 0 Å². The molecule has 7 rings (SSSR count). The Morgan fingerprint density at radius 2 is 1.81 bits per heavy atom. The van der Waals surface area contributed by atoms with Crippen molar-refractivity contribution in [2.24, 2.45) is 0 Å². The van der Waals surface area contributed by atoms with E-state index in [9.17, 15) is 13.2 Å². The van der Waals surface area contributed by atoms with Crippen molar-refractivity contribution >= 4 is 27.3 Å². The summed E-state index contributed by atoms with van der Waals surface area (Å²) in [5.41, 5.74) is 0.309. The third-order valence-corrected chi connectivity index (χ3v) is 9.33. The summed E-state index contributed by atoms with van der Waals surface area (Å²) in [7, 11) is -3.29. The second kappa shape index (κ2) is 6.20. The van der Waals surface area contributed by atoms with Crippen LogP contribution in [0.25, 0.3) is 5.69 Å². The Morgan fingerprint density at radius 1 is 1.12 bits per heavy atom. The van der Waals surface area contributed by atoms with Crippen LogP contribution in [-0.2, 0) is 20.0 Å². The van der Waals surface area contributed by atoms with Gasteiger partial charge < -0.3 is 9.73 Å². The molecule has 4 saturated carbocycles. The van der Waals surface area contributed by atoms with Gasteiger partial charge in [0.1, 0.15) is 10.5 Å². The number of sulfone groups is 1. The summed E-state index contributed by atoms with van der Waals surface area (Å²) in [6.45, 7) is 0. The van der Waals surface area contributed by atoms with E-state index in [1.807, 2.05) is 12.1 Å². The molecule has 4 aliphatic carbocycles. The highest BCUT2D eigenvalue weighted by Crippen LogP contribution is 2.67. The number of nitrogens with zero attached hydrogens (tertiary/aromatic N) is 4. The molecule has 9 nitrogen and oxygen atoms in total. The van der Waals surface area contributed by atoms with E-state index >= 15 is 0 Å². The molecule has 4 aliphatic rings. The maximum absolute atomic E-state index is 12.7. The number of amides is 1. The number of hydrogen-bond donors (Lipinski definition) is 1. The molecule has 0 aliphatic heterocycles. The van der Waals surface area contributed by atoms with Crippen LogP contribution in [0, 0.1) is 0 Å². The topological polar surface area (TPSA) is 120 Å². The zero-order valence-corrected chi connectivity index (χ0v) is 18.8. The second-order valence-corrected chi connectivity index (χ2v) is 12.1. The molecule has 32 heavy (non-hydrogen) atoms. The van der Waals surface area contributed by atoms with E-state index in [0.29, 0.717) is 29.4 Å². The van der Waals surface area contributed by atoms with Gasteiger partial charge in [-0.2, -0.15) is 0 Å². The highest BCUT2D eigenvalue weighted by atomic mass is 35.5. The van der Waals surface area contributed by atoms with Crippen LogP contribution in [0.3, 0.4) is 0 Å². The van der Waals surface area contributed by atoms with Crippen LogP contribution in [0.2, 0.25) is 5.02 Å². The van der Waals surface area contributed by atoms with Crippen LogP contribution < -0.4 is 5.32 Å². The summed E-state index contributed by atoms with van der Waals surface area (Å²) in [5, 5.41) is 16.6. The summed E-state index contributed by atoms with van der Waals surface area (Å²) in [6.07, 6.45) is 4.46. The normalized spacial score (nSPS) is 27.3. The maximum atomic E-state index is 12.7. The summed E-state index contributed by atoms with van der Waals surface area (Å²) in [5.74, 6) is 0.835. The molecule has 166 valence electrons. The highest BCUT2D eigenvalue weighted by molar-refractivity contribution is 7.91. The Bertz CT molecular complexity index is 1340. The molecule has 0 radical (unpaired) electrons. The molecule has 1 aromatic carbocycles. The van der Waals surface area contributed by atoms with Crippen molar-refractivity contribution in [1.82, 2.24) is 25.5 Å². The molecule has 0 unspecified atom stereocenters. The molecule has 0 atom stereocenters. The molecule has 0 spiro atoms. The molecule has 0 saturated heterocycles. The molecule has 1 N–H and O–H groups in total. The van der Waals surface area contributed by atoms with Gasteiger partial charge in [0.25, 0.3) is 5.91 Å². The van der Waals surface area contributed by atoms with E-state index < -0.39 is 14.6 Å². The van der Waals surface area contributed by atoms with Crippen molar-refractivity contribution in [2.75, 3.05) is 6.26 Å². The second-order valence-electron chi connectivity index (χ2n) is 9.35. The lowest BCUT2D eigenvalue weighted by Gasteiger charge is -2.68. The molecule has 3 aromatic rings. The Balaban J connectivity index is 1.12. The van der Waals surface area contributed by atoms with Crippen molar-refractivity contribution in [2.45, 2.75) is 47.8 Å². The predicted octanol–water partition coefficient (Wildman–Crippen LogP) is 2.55. The molecule has 4 fully saturated rings. The van der Waals surface area contributed by atoms with Gasteiger partial charge in [0.2, 0.25) is 0 Å². The van der Waals surface area contributed by atoms with Crippen LogP contribution in [0.15, 0.2) is 40.8 Å². The first-order valence-corrected chi connectivity index (χ1v) is 12.6. The van der Waals surface area contributed by atoms with E-state index in [-0.39, 0.29) is 22.6 Å². The lowest BCUT2D eigenvalue weighted by Crippen LogP contribution is -2.77. The summed E-state index contributed by atoms with van der Waals surface area (Å²) in [4.78, 5) is 14.2. The summed E-state index contributed by atoms with van der Waals surface area (Å²) < 4.78 is 28.9. The predicted molar refractivity (Wildman–Crippen MR) is 114 cm³/mol. The molecule has 2 heterocycles. The molecule has 1 amide bonds. The third-order valence-electron chi connectivity index (χ3n) is 7.05. The van der Waals surface area contributed by atoms with Gasteiger partial charge >= 0.3 is 0 Å². The van der Waals surface area contributed by atoms with Gasteiger partial charge in [-0.3, -0.25) is 4.79 Å². The highest BCUT2D eigenvalue weighted by Gasteiger charge is 2.71. The Labute approximate surface area is 189 Å². The Kier molecular flexibility index (Phi) is 3.86. The van der Waals surface area contributed by atoms with Crippen LogP contribution in [-0.4, -0.2) is 46.3 Å². The minimum absolute atomic E-state index is 0.139. The zero-order valence-electron chi connectivity index (χ0n) is 17.2. The van der Waals surface area contributed by atoms with Gasteiger partial charge in [-0.15, -0.1) is 15.0 Å². The van der Waals surface area contributed by atoms with Crippen LogP contribution in [0.1, 0.15) is 54.2 Å². The number of furan rings is 1. The average Bonchev–Trinajstić information content (AvgIpc) is 3.14. The third kappa shape index (κ3) is 2.78. The van der Waals surface area contributed by atoms with E-state index in [2.05, 4.69) is 20.7 Å². The van der Waals surface area contributed by atoms with Gasteiger partial charge in [0, 0.05) is 22.2 Å². The zero-order chi connectivity index (χ0) is 22.4. The largest absolute Gasteiger partial charge is 0.454 e. The fourth-order valence-electron chi connectivity index (χ4n) is 5.19. The number of carbonyl (C=O) groups excluding carboxylic acids is 1. The number of carbonyl (C=O) groups is 1. The van der Waals surface area contributed by atoms with Crippen molar-refractivity contribution in [1.29, 1.82) is 0 Å². The number of tetrazole rings is 1. The number of nitrogens with one attached hydrogen (secondary N) is 1. The summed E-state index contributed by atoms with van der Waals surface area (Å²) >= 11 is 5.93. The number of rotatable bonds is 6. The minimum Gasteiger partial charge on any atom is -0.454 e. The van der Waals surface area contributed by atoms with Crippen molar-refractivity contribution in [3.8, 4) is 5.69 Å². The van der Waals surface area contributed by atoms with Gasteiger partial charge in [-0.25, -0.2) is 8.42 Å². The average molecular weight is 474 g/mol. The van der Waals surface area contributed by atoms with Crippen LogP contribution >= 0.6 is 11.6 Å². The Hall–Kier alpha value is -2.72. The fraction of sp³-hybridized carbons (Fsp3) is 0.429. The van der Waals surface area contributed by atoms with E-state index in [1.54, 1.807) is 24.3 Å². The number of aromatic nitrogens is 4. The lowest BCUT2D eigenvalue weighted by atomic mass is 9.39. The SMILES string of the molecule is CS(=O)(=O)C1(c2ccc(C(=O)NC34CC(c5nnn(-c6ccc(Cl)cc6)n5)(C3)C4)o2)CC1. The first-order valence-electron chi connectivity index (χ1n) is 10.3. The number of hydrogen-bond acceptors (Lipinski definition) is 7. The number of halogens is 1. The molecule has 11 heteroatoms. The maximum Gasteiger partial charge on any atom is 0.287 e. The van der Waals surface area contributed by atoms with Crippen molar-refractivity contribution < 1.29 is 17.6 Å². The van der Waals surface area contributed by atoms with Gasteiger partial charge in [0.05, 0.1) is 5.69 Å². The van der Waals surface area contributed by atoms with E-state index in [0.717, 1.165) is 24.9 Å². The van der Waals surface area contributed by atoms with Crippen molar-refractivity contribution in [3.63, 3.8) is 0 Å². The fourth-order valence-corrected chi connectivity index (χ4v) is 6.63. The van der Waals surface area contributed by atoms with Gasteiger partial charge in [-0.05, 0) is 73.7 Å². The van der Waals surface area contributed by atoms with Gasteiger partial charge in [-0.1, -0.05) is 11.6 Å².